The Hall–Kier alpha value is -1.91. The van der Waals surface area contributed by atoms with E-state index in [0.29, 0.717) is 5.56 Å². The minimum atomic E-state index is -0.570. The highest BCUT2D eigenvalue weighted by Crippen LogP contribution is 2.34. The Balaban J connectivity index is 2.37. The number of nitro benzene ring substituents is 1. The first-order chi connectivity index (χ1) is 7.09. The van der Waals surface area contributed by atoms with Crippen LogP contribution in [-0.4, -0.2) is 10.7 Å². The molecule has 2 N–H and O–H groups in total. The lowest BCUT2D eigenvalue weighted by Gasteiger charge is -2.00. The van der Waals surface area contributed by atoms with Gasteiger partial charge in [-0.2, -0.15) is 0 Å². The largest absolute Gasteiger partial charge is 0.393 e. The lowest BCUT2D eigenvalue weighted by atomic mass is 10.1. The van der Waals surface area contributed by atoms with Gasteiger partial charge in [0.05, 0.1) is 4.92 Å². The van der Waals surface area contributed by atoms with E-state index in [9.17, 15) is 14.9 Å². The van der Waals surface area contributed by atoms with Crippen LogP contribution in [0.2, 0.25) is 0 Å². The molecule has 1 aliphatic rings. The summed E-state index contributed by atoms with van der Waals surface area (Å²) in [5, 5.41) is 10.6. The molecule has 2 rings (SSSR count). The summed E-state index contributed by atoms with van der Waals surface area (Å²) < 4.78 is 0. The van der Waals surface area contributed by atoms with Crippen LogP contribution in [0.15, 0.2) is 18.2 Å². The number of benzene rings is 1. The van der Waals surface area contributed by atoms with Crippen LogP contribution in [0, 0.1) is 16.0 Å². The third-order valence-corrected chi connectivity index (χ3v) is 2.46. The third kappa shape index (κ3) is 1.81. The van der Waals surface area contributed by atoms with E-state index in [1.165, 1.54) is 12.1 Å². The van der Waals surface area contributed by atoms with Crippen molar-refractivity contribution in [3.63, 3.8) is 0 Å². The van der Waals surface area contributed by atoms with E-state index in [4.69, 9.17) is 5.73 Å². The second-order valence-electron chi connectivity index (χ2n) is 3.67. The minimum Gasteiger partial charge on any atom is -0.393 e. The molecule has 0 unspecified atom stereocenters. The van der Waals surface area contributed by atoms with Crippen LogP contribution in [0.1, 0.15) is 23.2 Å². The number of hydrogen-bond acceptors (Lipinski definition) is 4. The molecule has 15 heavy (non-hydrogen) atoms. The number of nitrogen functional groups attached to an aromatic ring is 1. The predicted octanol–water partition coefficient (Wildman–Crippen LogP) is 1.77. The number of carbonyl (C=O) groups excluding carboxylic acids is 1. The quantitative estimate of drug-likeness (QED) is 0.353. The number of nitrogens with zero attached hydrogens (tertiary/aromatic N) is 1. The van der Waals surface area contributed by atoms with Crippen LogP contribution in [0.4, 0.5) is 11.4 Å². The molecule has 1 aromatic carbocycles. The molecule has 0 amide bonds. The van der Waals surface area contributed by atoms with Gasteiger partial charge < -0.3 is 5.73 Å². The Bertz CT molecular complexity index is 438. The van der Waals surface area contributed by atoms with Crippen molar-refractivity contribution in [1.82, 2.24) is 0 Å². The van der Waals surface area contributed by atoms with Crippen LogP contribution in [0.25, 0.3) is 0 Å². The van der Waals surface area contributed by atoms with Crippen molar-refractivity contribution in [3.05, 3.63) is 33.9 Å². The average Bonchev–Trinajstić information content (AvgIpc) is 3.00. The van der Waals surface area contributed by atoms with Gasteiger partial charge in [0.2, 0.25) is 0 Å². The molecule has 0 spiro atoms. The molecule has 1 saturated carbocycles. The van der Waals surface area contributed by atoms with E-state index in [2.05, 4.69) is 0 Å². The summed E-state index contributed by atoms with van der Waals surface area (Å²) in [6, 6.07) is 4.22. The highest BCUT2D eigenvalue weighted by molar-refractivity contribution is 6.00. The van der Waals surface area contributed by atoms with E-state index < -0.39 is 4.92 Å². The molecule has 0 saturated heterocycles. The first-order valence-electron chi connectivity index (χ1n) is 4.67. The van der Waals surface area contributed by atoms with Gasteiger partial charge in [0, 0.05) is 17.5 Å². The number of carbonyl (C=O) groups is 1. The summed E-state index contributed by atoms with van der Waals surface area (Å²) in [6.45, 7) is 0. The first kappa shape index (κ1) is 9.64. The zero-order valence-electron chi connectivity index (χ0n) is 7.97. The maximum Gasteiger partial charge on any atom is 0.292 e. The van der Waals surface area contributed by atoms with Crippen LogP contribution in [-0.2, 0) is 0 Å². The molecule has 0 radical (unpaired) electrons. The molecule has 1 aromatic rings. The Labute approximate surface area is 86.0 Å². The smallest absolute Gasteiger partial charge is 0.292 e. The molecule has 0 bridgehead atoms. The number of hydrogen-bond donors (Lipinski definition) is 1. The molecule has 5 nitrogen and oxygen atoms in total. The van der Waals surface area contributed by atoms with Gasteiger partial charge in [-0.1, -0.05) is 0 Å². The van der Waals surface area contributed by atoms with E-state index >= 15 is 0 Å². The summed E-state index contributed by atoms with van der Waals surface area (Å²) in [5.74, 6) is 0.0475. The van der Waals surface area contributed by atoms with Gasteiger partial charge in [0.15, 0.2) is 5.78 Å². The van der Waals surface area contributed by atoms with E-state index in [-0.39, 0.29) is 23.1 Å². The predicted molar refractivity (Wildman–Crippen MR) is 54.6 cm³/mol. The number of nitro groups is 1. The SMILES string of the molecule is Nc1ccc(C(=O)C2CC2)cc1[N+](=O)[O-]. The second kappa shape index (κ2) is 3.34. The lowest BCUT2D eigenvalue weighted by molar-refractivity contribution is -0.383. The summed E-state index contributed by atoms with van der Waals surface area (Å²) in [6.07, 6.45) is 1.77. The fourth-order valence-corrected chi connectivity index (χ4v) is 1.44. The molecule has 78 valence electrons. The van der Waals surface area contributed by atoms with Gasteiger partial charge in [-0.3, -0.25) is 14.9 Å². The minimum absolute atomic E-state index is 0.0156. The normalized spacial score (nSPS) is 14.9. The number of Topliss-reactive ketones (excluding diaryl/α,β-unsaturated/α-hetero) is 1. The molecular weight excluding hydrogens is 196 g/mol. The van der Waals surface area contributed by atoms with Gasteiger partial charge in [0.1, 0.15) is 5.69 Å². The number of anilines is 1. The molecule has 0 aliphatic heterocycles. The Morgan fingerprint density at radius 1 is 1.47 bits per heavy atom. The highest BCUT2D eigenvalue weighted by atomic mass is 16.6. The lowest BCUT2D eigenvalue weighted by Crippen LogP contribution is -2.03. The van der Waals surface area contributed by atoms with Gasteiger partial charge >= 0.3 is 0 Å². The number of ketones is 1. The monoisotopic (exact) mass is 206 g/mol. The highest BCUT2D eigenvalue weighted by Gasteiger charge is 2.31. The Kier molecular flexibility index (Phi) is 2.15. The fourth-order valence-electron chi connectivity index (χ4n) is 1.44. The molecular formula is C10H10N2O3. The van der Waals surface area contributed by atoms with Gasteiger partial charge in [-0.25, -0.2) is 0 Å². The van der Waals surface area contributed by atoms with E-state index in [0.717, 1.165) is 12.8 Å². The van der Waals surface area contributed by atoms with Gasteiger partial charge in [-0.05, 0) is 25.0 Å². The summed E-state index contributed by atoms with van der Waals surface area (Å²) in [7, 11) is 0. The van der Waals surface area contributed by atoms with Crippen molar-refractivity contribution in [2.75, 3.05) is 5.73 Å². The van der Waals surface area contributed by atoms with E-state index in [1.807, 2.05) is 0 Å². The second-order valence-corrected chi connectivity index (χ2v) is 3.67. The molecule has 0 aromatic heterocycles. The van der Waals surface area contributed by atoms with Gasteiger partial charge in [-0.15, -0.1) is 0 Å². The molecule has 1 fully saturated rings. The maximum atomic E-state index is 11.6. The molecule has 0 heterocycles. The average molecular weight is 206 g/mol. The van der Waals surface area contributed by atoms with Gasteiger partial charge in [0.25, 0.3) is 5.69 Å². The number of nitrogens with two attached hydrogens (primary N) is 1. The van der Waals surface area contributed by atoms with Crippen molar-refractivity contribution in [3.8, 4) is 0 Å². The topological polar surface area (TPSA) is 86.2 Å². The van der Waals surface area contributed by atoms with Crippen molar-refractivity contribution < 1.29 is 9.72 Å². The zero-order chi connectivity index (χ0) is 11.0. The van der Waals surface area contributed by atoms with Crippen molar-refractivity contribution in [2.24, 2.45) is 5.92 Å². The van der Waals surface area contributed by atoms with Crippen LogP contribution >= 0.6 is 0 Å². The fraction of sp³-hybridized carbons (Fsp3) is 0.300. The molecule has 5 heteroatoms. The summed E-state index contributed by atoms with van der Waals surface area (Å²) >= 11 is 0. The first-order valence-corrected chi connectivity index (χ1v) is 4.67. The Morgan fingerprint density at radius 3 is 2.67 bits per heavy atom. The van der Waals surface area contributed by atoms with Crippen LogP contribution in [0.5, 0.6) is 0 Å². The van der Waals surface area contributed by atoms with Crippen LogP contribution < -0.4 is 5.73 Å². The third-order valence-electron chi connectivity index (χ3n) is 2.46. The van der Waals surface area contributed by atoms with Crippen molar-refractivity contribution in [1.29, 1.82) is 0 Å². The standard InChI is InChI=1S/C10H10N2O3/c11-8-4-3-7(5-9(8)12(14)15)10(13)6-1-2-6/h3-6H,1-2,11H2. The number of rotatable bonds is 3. The molecule has 0 atom stereocenters. The maximum absolute atomic E-state index is 11.6. The van der Waals surface area contributed by atoms with Crippen molar-refractivity contribution >= 4 is 17.2 Å². The summed E-state index contributed by atoms with van der Waals surface area (Å²) in [5.41, 5.74) is 5.71. The van der Waals surface area contributed by atoms with Crippen LogP contribution in [0.3, 0.4) is 0 Å². The van der Waals surface area contributed by atoms with Crippen molar-refractivity contribution in [2.45, 2.75) is 12.8 Å². The molecule has 1 aliphatic carbocycles. The Morgan fingerprint density at radius 2 is 2.13 bits per heavy atom. The summed E-state index contributed by atoms with van der Waals surface area (Å²) in [4.78, 5) is 21.7. The van der Waals surface area contributed by atoms with E-state index in [1.54, 1.807) is 6.07 Å². The zero-order valence-corrected chi connectivity index (χ0v) is 7.97.